The topological polar surface area (TPSA) is 79.4 Å². The zero-order valence-corrected chi connectivity index (χ0v) is 18.0. The van der Waals surface area contributed by atoms with E-state index in [-0.39, 0.29) is 15.9 Å². The molecule has 6 nitrogen and oxygen atoms in total. The van der Waals surface area contributed by atoms with Gasteiger partial charge in [-0.25, -0.2) is 17.8 Å². The zero-order chi connectivity index (χ0) is 20.7. The first-order chi connectivity index (χ1) is 13.3. The van der Waals surface area contributed by atoms with Gasteiger partial charge < -0.3 is 4.90 Å². The molecule has 1 N–H and O–H groups in total. The van der Waals surface area contributed by atoms with Crippen LogP contribution < -0.4 is 4.72 Å². The van der Waals surface area contributed by atoms with Gasteiger partial charge in [-0.15, -0.1) is 0 Å². The van der Waals surface area contributed by atoms with Gasteiger partial charge in [0.2, 0.25) is 0 Å². The minimum absolute atomic E-state index is 0.0675. The van der Waals surface area contributed by atoms with Crippen LogP contribution in [0, 0.1) is 12.7 Å². The molecule has 0 saturated carbocycles. The lowest BCUT2D eigenvalue weighted by molar-refractivity contribution is 0.0755. The molecule has 0 bridgehead atoms. The molecule has 0 radical (unpaired) electrons. The number of unbranched alkanes of at least 4 members (excludes halogenated alkanes) is 2. The Bertz CT molecular complexity index is 888. The highest BCUT2D eigenvalue weighted by molar-refractivity contribution is 7.93. The molecule has 1 aromatic heterocycles. The number of nitrogens with one attached hydrogen (secondary N) is 1. The van der Waals surface area contributed by atoms with E-state index in [2.05, 4.69) is 23.6 Å². The number of halogens is 1. The molecule has 0 unspecified atom stereocenters. The third kappa shape index (κ3) is 5.75. The number of thiazole rings is 1. The number of benzene rings is 1. The van der Waals surface area contributed by atoms with E-state index in [9.17, 15) is 17.6 Å². The van der Waals surface area contributed by atoms with Gasteiger partial charge in [-0.3, -0.25) is 9.52 Å². The molecule has 28 heavy (non-hydrogen) atoms. The quantitative estimate of drug-likeness (QED) is 0.608. The Balaban J connectivity index is 2.20. The summed E-state index contributed by atoms with van der Waals surface area (Å²) in [5.74, 6) is -0.639. The van der Waals surface area contributed by atoms with Crippen molar-refractivity contribution < 1.29 is 17.6 Å². The third-order valence-corrected chi connectivity index (χ3v) is 6.73. The number of anilines is 1. The molecule has 0 spiro atoms. The van der Waals surface area contributed by atoms with Crippen LogP contribution in [-0.4, -0.2) is 37.3 Å². The number of aromatic nitrogens is 1. The van der Waals surface area contributed by atoms with Crippen LogP contribution in [-0.2, 0) is 10.0 Å². The molecule has 2 aromatic rings. The van der Waals surface area contributed by atoms with Crippen molar-refractivity contribution in [1.29, 1.82) is 0 Å². The van der Waals surface area contributed by atoms with Crippen molar-refractivity contribution in [3.63, 3.8) is 0 Å². The van der Waals surface area contributed by atoms with Gasteiger partial charge in [0.05, 0.1) is 10.6 Å². The summed E-state index contributed by atoms with van der Waals surface area (Å²) < 4.78 is 40.3. The smallest absolute Gasteiger partial charge is 0.265 e. The van der Waals surface area contributed by atoms with Crippen molar-refractivity contribution in [3.05, 3.63) is 40.7 Å². The summed E-state index contributed by atoms with van der Waals surface area (Å²) in [6.07, 6.45) is 3.80. The fourth-order valence-corrected chi connectivity index (χ4v) is 4.75. The summed E-state index contributed by atoms with van der Waals surface area (Å²) >= 11 is 1.02. The van der Waals surface area contributed by atoms with Crippen molar-refractivity contribution in [1.82, 2.24) is 9.88 Å². The molecule has 0 saturated heterocycles. The summed E-state index contributed by atoms with van der Waals surface area (Å²) in [7, 11) is -3.90. The van der Waals surface area contributed by atoms with E-state index in [1.807, 2.05) is 4.90 Å². The maximum Gasteiger partial charge on any atom is 0.265 e. The van der Waals surface area contributed by atoms with Crippen molar-refractivity contribution in [2.45, 2.75) is 51.3 Å². The average molecular weight is 428 g/mol. The molecule has 0 fully saturated rings. The Labute approximate surface area is 169 Å². The number of carbonyl (C=O) groups is 1. The van der Waals surface area contributed by atoms with Gasteiger partial charge in [0.1, 0.15) is 10.7 Å². The third-order valence-electron chi connectivity index (χ3n) is 4.19. The van der Waals surface area contributed by atoms with E-state index in [1.165, 1.54) is 12.1 Å². The Morgan fingerprint density at radius 3 is 2.25 bits per heavy atom. The van der Waals surface area contributed by atoms with Crippen LogP contribution in [0.4, 0.5) is 9.52 Å². The van der Waals surface area contributed by atoms with Gasteiger partial charge in [0, 0.05) is 13.1 Å². The maximum atomic E-state index is 13.0. The summed E-state index contributed by atoms with van der Waals surface area (Å²) in [4.78, 5) is 19.3. The van der Waals surface area contributed by atoms with Crippen LogP contribution in [0.15, 0.2) is 29.2 Å². The number of rotatable bonds is 10. The SMILES string of the molecule is CCCCN(CCCC)C(=O)c1sc(NS(=O)(=O)c2ccc(F)cc2)nc1C. The summed E-state index contributed by atoms with van der Waals surface area (Å²) in [6.45, 7) is 7.18. The first kappa shape index (κ1) is 22.3. The molecule has 0 atom stereocenters. The monoisotopic (exact) mass is 427 g/mol. The number of hydrogen-bond donors (Lipinski definition) is 1. The van der Waals surface area contributed by atoms with Crippen LogP contribution in [0.2, 0.25) is 0 Å². The van der Waals surface area contributed by atoms with E-state index in [0.717, 1.165) is 49.2 Å². The number of amides is 1. The lowest BCUT2D eigenvalue weighted by Gasteiger charge is -2.21. The highest BCUT2D eigenvalue weighted by Crippen LogP contribution is 2.26. The van der Waals surface area contributed by atoms with Crippen molar-refractivity contribution in [3.8, 4) is 0 Å². The largest absolute Gasteiger partial charge is 0.338 e. The maximum absolute atomic E-state index is 13.0. The minimum atomic E-state index is -3.90. The van der Waals surface area contributed by atoms with Crippen LogP contribution in [0.25, 0.3) is 0 Å². The molecule has 0 aliphatic carbocycles. The molecule has 9 heteroatoms. The van der Waals surface area contributed by atoms with E-state index in [4.69, 9.17) is 0 Å². The molecule has 1 aromatic carbocycles. The highest BCUT2D eigenvalue weighted by atomic mass is 32.2. The number of hydrogen-bond acceptors (Lipinski definition) is 5. The van der Waals surface area contributed by atoms with Crippen LogP contribution in [0.3, 0.4) is 0 Å². The fourth-order valence-electron chi connectivity index (χ4n) is 2.58. The zero-order valence-electron chi connectivity index (χ0n) is 16.4. The summed E-state index contributed by atoms with van der Waals surface area (Å²) in [5, 5.41) is 0.121. The predicted molar refractivity (Wildman–Crippen MR) is 110 cm³/mol. The second-order valence-corrected chi connectivity index (χ2v) is 9.17. The first-order valence-corrected chi connectivity index (χ1v) is 11.6. The number of aryl methyl sites for hydroxylation is 1. The Hall–Kier alpha value is -2.00. The molecule has 154 valence electrons. The molecule has 1 heterocycles. The van der Waals surface area contributed by atoms with Crippen molar-refractivity contribution >= 4 is 32.4 Å². The summed E-state index contributed by atoms with van der Waals surface area (Å²) in [6, 6.07) is 4.52. The van der Waals surface area contributed by atoms with Gasteiger partial charge in [-0.2, -0.15) is 0 Å². The Morgan fingerprint density at radius 2 is 1.71 bits per heavy atom. The van der Waals surface area contributed by atoms with E-state index in [1.54, 1.807) is 6.92 Å². The highest BCUT2D eigenvalue weighted by Gasteiger charge is 2.23. The van der Waals surface area contributed by atoms with Crippen LogP contribution in [0.1, 0.15) is 54.9 Å². The molecule has 0 aliphatic rings. The van der Waals surface area contributed by atoms with E-state index >= 15 is 0 Å². The van der Waals surface area contributed by atoms with Gasteiger partial charge in [-0.05, 0) is 44.0 Å². The van der Waals surface area contributed by atoms with E-state index in [0.29, 0.717) is 23.7 Å². The van der Waals surface area contributed by atoms with Crippen LogP contribution >= 0.6 is 11.3 Å². The van der Waals surface area contributed by atoms with Gasteiger partial charge in [-0.1, -0.05) is 38.0 Å². The Kier molecular flexibility index (Phi) is 7.94. The number of carbonyl (C=O) groups excluding carboxylic acids is 1. The van der Waals surface area contributed by atoms with Crippen molar-refractivity contribution in [2.75, 3.05) is 17.8 Å². The standard InChI is InChI=1S/C19H26FN3O3S2/c1-4-6-12-23(13-7-5-2)18(24)17-14(3)21-19(27-17)22-28(25,26)16-10-8-15(20)9-11-16/h8-11H,4-7,12-13H2,1-3H3,(H,21,22). The predicted octanol–water partition coefficient (Wildman–Crippen LogP) is 4.43. The van der Waals surface area contributed by atoms with E-state index < -0.39 is 15.8 Å². The van der Waals surface area contributed by atoms with Crippen molar-refractivity contribution in [2.24, 2.45) is 0 Å². The molecule has 1 amide bonds. The average Bonchev–Trinajstić information content (AvgIpc) is 3.01. The molecular formula is C19H26FN3O3S2. The lowest BCUT2D eigenvalue weighted by Crippen LogP contribution is -2.32. The first-order valence-electron chi connectivity index (χ1n) is 9.33. The van der Waals surface area contributed by atoms with Gasteiger partial charge in [0.25, 0.3) is 15.9 Å². The molecular weight excluding hydrogens is 401 g/mol. The van der Waals surface area contributed by atoms with Gasteiger partial charge >= 0.3 is 0 Å². The normalized spacial score (nSPS) is 11.4. The lowest BCUT2D eigenvalue weighted by atomic mass is 10.2. The summed E-state index contributed by atoms with van der Waals surface area (Å²) in [5.41, 5.74) is 0.491. The second kappa shape index (κ2) is 9.97. The number of nitrogens with zero attached hydrogens (tertiary/aromatic N) is 2. The minimum Gasteiger partial charge on any atom is -0.338 e. The number of sulfonamides is 1. The van der Waals surface area contributed by atoms with Gasteiger partial charge in [0.15, 0.2) is 5.13 Å². The fraction of sp³-hybridized carbons (Fsp3) is 0.474. The molecule has 2 rings (SSSR count). The second-order valence-electron chi connectivity index (χ2n) is 6.49. The van der Waals surface area contributed by atoms with Crippen LogP contribution in [0.5, 0.6) is 0 Å². The molecule has 0 aliphatic heterocycles. The Morgan fingerprint density at radius 1 is 1.14 bits per heavy atom.